The topological polar surface area (TPSA) is 72.8 Å². The van der Waals surface area contributed by atoms with Crippen LogP contribution in [0.25, 0.3) is 0 Å². The summed E-state index contributed by atoms with van der Waals surface area (Å²) in [6.45, 7) is 1.24. The van der Waals surface area contributed by atoms with Gasteiger partial charge in [-0.05, 0) is 61.0 Å². The maximum Gasteiger partial charge on any atom is 0.331 e. The Bertz CT molecular complexity index is 1490. The number of hydrogen-bond acceptors (Lipinski definition) is 7. The first kappa shape index (κ1) is 29.3. The van der Waals surface area contributed by atoms with Crippen LogP contribution < -0.4 is 0 Å². The van der Waals surface area contributed by atoms with Crippen LogP contribution in [-0.4, -0.2) is 29.0 Å². The molecule has 1 aliphatic rings. The SMILES string of the molecule is CC(=O)O/N=C(\CCSc1ccc(Cl)cc1)C(=O)c1ccc(SC2=CCC=C(C(=O)c3ccccc3)C=C2)cc1. The van der Waals surface area contributed by atoms with Crippen LogP contribution in [0.15, 0.2) is 129 Å². The summed E-state index contributed by atoms with van der Waals surface area (Å²) in [5.74, 6) is -0.311. The molecule has 8 heteroatoms. The number of benzene rings is 3. The number of thioether (sulfide) groups is 2. The van der Waals surface area contributed by atoms with Crippen molar-refractivity contribution >= 4 is 58.4 Å². The number of Topliss-reactive ketones (excluding diaryl/α,β-unsaturated/α-hetero) is 2. The highest BCUT2D eigenvalue weighted by Crippen LogP contribution is 2.30. The van der Waals surface area contributed by atoms with E-state index in [2.05, 4.69) is 11.2 Å². The molecule has 0 fully saturated rings. The molecule has 0 N–H and O–H groups in total. The lowest BCUT2D eigenvalue weighted by atomic mass is 10.0. The molecule has 0 bridgehead atoms. The van der Waals surface area contributed by atoms with E-state index in [9.17, 15) is 14.4 Å². The highest BCUT2D eigenvalue weighted by atomic mass is 35.5. The molecule has 0 saturated heterocycles. The average molecular weight is 588 g/mol. The van der Waals surface area contributed by atoms with Crippen molar-refractivity contribution in [2.75, 3.05) is 5.75 Å². The number of rotatable bonds is 11. The highest BCUT2D eigenvalue weighted by Gasteiger charge is 2.17. The molecule has 40 heavy (non-hydrogen) atoms. The third-order valence-electron chi connectivity index (χ3n) is 5.70. The summed E-state index contributed by atoms with van der Waals surface area (Å²) in [4.78, 5) is 45.1. The molecular weight excluding hydrogens is 562 g/mol. The van der Waals surface area contributed by atoms with Crippen LogP contribution in [0.1, 0.15) is 40.5 Å². The van der Waals surface area contributed by atoms with E-state index in [0.717, 1.165) is 14.7 Å². The molecule has 0 atom stereocenters. The van der Waals surface area contributed by atoms with Crippen LogP contribution in [0.5, 0.6) is 0 Å². The van der Waals surface area contributed by atoms with Crippen LogP contribution in [0, 0.1) is 0 Å². The van der Waals surface area contributed by atoms with E-state index < -0.39 is 5.97 Å². The predicted octanol–water partition coefficient (Wildman–Crippen LogP) is 8.37. The maximum atomic E-state index is 13.2. The van der Waals surface area contributed by atoms with Crippen LogP contribution in [0.4, 0.5) is 0 Å². The quantitative estimate of drug-likeness (QED) is 0.0737. The minimum Gasteiger partial charge on any atom is -0.318 e. The minimum absolute atomic E-state index is 0.00264. The first-order chi connectivity index (χ1) is 19.4. The van der Waals surface area contributed by atoms with Gasteiger partial charge in [0.25, 0.3) is 0 Å². The van der Waals surface area contributed by atoms with Crippen molar-refractivity contribution in [3.63, 3.8) is 0 Å². The normalized spacial score (nSPS) is 13.2. The van der Waals surface area contributed by atoms with E-state index in [1.807, 2.05) is 85.0 Å². The van der Waals surface area contributed by atoms with Gasteiger partial charge in [-0.15, -0.1) is 11.8 Å². The van der Waals surface area contributed by atoms with Gasteiger partial charge in [-0.1, -0.05) is 77.1 Å². The zero-order valence-electron chi connectivity index (χ0n) is 21.7. The summed E-state index contributed by atoms with van der Waals surface area (Å²) in [5.41, 5.74) is 1.95. The van der Waals surface area contributed by atoms with E-state index in [1.165, 1.54) is 6.92 Å². The largest absolute Gasteiger partial charge is 0.331 e. The summed E-state index contributed by atoms with van der Waals surface area (Å²) in [5, 5.41) is 4.50. The van der Waals surface area contributed by atoms with E-state index in [0.29, 0.717) is 40.3 Å². The average Bonchev–Trinajstić information content (AvgIpc) is 3.21. The third-order valence-corrected chi connectivity index (χ3v) is 8.01. The summed E-state index contributed by atoms with van der Waals surface area (Å²) >= 11 is 9.05. The molecule has 1 aliphatic carbocycles. The molecular formula is C32H26ClNO4S2. The summed E-state index contributed by atoms with van der Waals surface area (Å²) < 4.78 is 0. The van der Waals surface area contributed by atoms with Crippen molar-refractivity contribution in [3.8, 4) is 0 Å². The minimum atomic E-state index is -0.588. The third kappa shape index (κ3) is 8.68. The number of ketones is 2. The van der Waals surface area contributed by atoms with Gasteiger partial charge in [-0.2, -0.15) is 0 Å². The monoisotopic (exact) mass is 587 g/mol. The van der Waals surface area contributed by atoms with Gasteiger partial charge < -0.3 is 4.84 Å². The van der Waals surface area contributed by atoms with Crippen LogP contribution in [0.2, 0.25) is 5.02 Å². The van der Waals surface area contributed by atoms with E-state index >= 15 is 0 Å². The Labute approximate surface area is 247 Å². The van der Waals surface area contributed by atoms with Crippen molar-refractivity contribution in [1.29, 1.82) is 0 Å². The van der Waals surface area contributed by atoms with E-state index in [-0.39, 0.29) is 17.3 Å². The second kappa shape index (κ2) is 14.7. The Morgan fingerprint density at radius 3 is 2.25 bits per heavy atom. The Morgan fingerprint density at radius 1 is 0.850 bits per heavy atom. The zero-order valence-corrected chi connectivity index (χ0v) is 24.1. The van der Waals surface area contributed by atoms with Crippen molar-refractivity contribution in [3.05, 3.63) is 130 Å². The zero-order chi connectivity index (χ0) is 28.3. The van der Waals surface area contributed by atoms with Gasteiger partial charge >= 0.3 is 5.97 Å². The standard InChI is InChI=1S/C32H26ClNO4S2/c1-22(35)38-34-30(20-21-39-27-18-13-26(33)14-19-27)32(37)25-11-16-29(17-12-25)40-28-9-5-8-24(10-15-28)31(36)23-6-3-2-4-7-23/h2-4,6-19H,5,20-21H2,1H3/b34-30+. The second-order valence-corrected chi connectivity index (χ2v) is 11.4. The van der Waals surface area contributed by atoms with Gasteiger partial charge in [0.1, 0.15) is 5.71 Å². The summed E-state index contributed by atoms with van der Waals surface area (Å²) in [7, 11) is 0. The number of halogens is 1. The molecule has 4 rings (SSSR count). The van der Waals surface area contributed by atoms with Gasteiger partial charge in [0, 0.05) is 55.5 Å². The first-order valence-electron chi connectivity index (χ1n) is 12.5. The van der Waals surface area contributed by atoms with E-state index in [1.54, 1.807) is 35.7 Å². The number of oxime groups is 1. The molecule has 202 valence electrons. The molecule has 0 aliphatic heterocycles. The highest BCUT2D eigenvalue weighted by molar-refractivity contribution is 8.03. The summed E-state index contributed by atoms with van der Waals surface area (Å²) in [6, 6.07) is 23.9. The fourth-order valence-electron chi connectivity index (χ4n) is 3.70. The van der Waals surface area contributed by atoms with Gasteiger partial charge in [0.15, 0.2) is 5.78 Å². The Hall–Kier alpha value is -3.65. The van der Waals surface area contributed by atoms with E-state index in [4.69, 9.17) is 16.4 Å². The van der Waals surface area contributed by atoms with Gasteiger partial charge in [0.2, 0.25) is 5.78 Å². The molecule has 3 aromatic rings. The smallest absolute Gasteiger partial charge is 0.318 e. The molecule has 0 amide bonds. The van der Waals surface area contributed by atoms with Crippen molar-refractivity contribution in [2.24, 2.45) is 5.16 Å². The van der Waals surface area contributed by atoms with Crippen molar-refractivity contribution < 1.29 is 19.2 Å². The lowest BCUT2D eigenvalue weighted by molar-refractivity contribution is -0.140. The lowest BCUT2D eigenvalue weighted by Gasteiger charge is -2.07. The van der Waals surface area contributed by atoms with Crippen LogP contribution in [0.3, 0.4) is 0 Å². The fourth-order valence-corrected chi connectivity index (χ4v) is 5.55. The molecule has 0 spiro atoms. The lowest BCUT2D eigenvalue weighted by Crippen LogP contribution is -2.16. The Balaban J connectivity index is 1.37. The molecule has 0 aromatic heterocycles. The summed E-state index contributed by atoms with van der Waals surface area (Å²) in [6.07, 6.45) is 8.74. The number of nitrogens with zero attached hydrogens (tertiary/aromatic N) is 1. The molecule has 3 aromatic carbocycles. The Morgan fingerprint density at radius 2 is 1.55 bits per heavy atom. The van der Waals surface area contributed by atoms with Crippen molar-refractivity contribution in [1.82, 2.24) is 0 Å². The van der Waals surface area contributed by atoms with Crippen molar-refractivity contribution in [2.45, 2.75) is 29.6 Å². The first-order valence-corrected chi connectivity index (χ1v) is 14.7. The van der Waals surface area contributed by atoms with Gasteiger partial charge in [0.05, 0.1) is 0 Å². The van der Waals surface area contributed by atoms with Crippen LogP contribution >= 0.6 is 35.1 Å². The molecule has 0 radical (unpaired) electrons. The maximum absolute atomic E-state index is 13.2. The molecule has 0 unspecified atom stereocenters. The number of allylic oxidation sites excluding steroid dienone is 5. The Kier molecular flexibility index (Phi) is 10.7. The number of carbonyl (C=O) groups excluding carboxylic acids is 3. The molecule has 0 saturated carbocycles. The second-order valence-electron chi connectivity index (χ2n) is 8.66. The number of hydrogen-bond donors (Lipinski definition) is 0. The van der Waals surface area contributed by atoms with Gasteiger partial charge in [-0.3, -0.25) is 9.59 Å². The molecule has 5 nitrogen and oxygen atoms in total. The molecule has 0 heterocycles. The van der Waals surface area contributed by atoms with Gasteiger partial charge in [-0.25, -0.2) is 4.79 Å². The number of carbonyl (C=O) groups is 3. The van der Waals surface area contributed by atoms with Crippen LogP contribution in [-0.2, 0) is 9.63 Å². The fraction of sp³-hybridized carbons (Fsp3) is 0.125. The predicted molar refractivity (Wildman–Crippen MR) is 163 cm³/mol.